The van der Waals surface area contributed by atoms with Crippen molar-refractivity contribution in [1.82, 2.24) is 24.8 Å². The van der Waals surface area contributed by atoms with Gasteiger partial charge in [-0.05, 0) is 49.8 Å². The quantitative estimate of drug-likeness (QED) is 0.608. The number of rotatable bonds is 5. The predicted molar refractivity (Wildman–Crippen MR) is 127 cm³/mol. The van der Waals surface area contributed by atoms with Gasteiger partial charge >= 0.3 is 0 Å². The summed E-state index contributed by atoms with van der Waals surface area (Å²) in [4.78, 5) is 41.0. The lowest BCUT2D eigenvalue weighted by Gasteiger charge is -2.30. The second kappa shape index (κ2) is 9.18. The molecular weight excluding hydrogens is 470 g/mol. The van der Waals surface area contributed by atoms with E-state index in [4.69, 9.17) is 0 Å². The van der Waals surface area contributed by atoms with Crippen molar-refractivity contribution in [3.8, 4) is 5.69 Å². The van der Waals surface area contributed by atoms with Crippen molar-refractivity contribution >= 4 is 27.4 Å². The van der Waals surface area contributed by atoms with E-state index in [1.807, 2.05) is 19.1 Å². The number of Topliss-reactive ketones (excluding diaryl/α,β-unsaturated/α-hetero) is 1. The van der Waals surface area contributed by atoms with E-state index in [0.29, 0.717) is 29.9 Å². The molecule has 2 aromatic rings. The second-order valence-corrected chi connectivity index (χ2v) is 12.1. The fraction of sp³-hybridized carbons (Fsp3) is 0.542. The van der Waals surface area contributed by atoms with Gasteiger partial charge in [-0.3, -0.25) is 14.4 Å². The summed E-state index contributed by atoms with van der Waals surface area (Å²) in [7, 11) is -3.19. The van der Waals surface area contributed by atoms with Crippen molar-refractivity contribution in [2.24, 2.45) is 5.92 Å². The number of aryl methyl sites for hydroxylation is 1. The number of ketones is 1. The summed E-state index contributed by atoms with van der Waals surface area (Å²) in [6, 6.07) is 5.15. The Kier molecular flexibility index (Phi) is 6.20. The van der Waals surface area contributed by atoms with Gasteiger partial charge in [-0.2, -0.15) is 0 Å². The molecule has 35 heavy (non-hydrogen) atoms. The molecule has 1 saturated carbocycles. The van der Waals surface area contributed by atoms with Crippen LogP contribution in [0.4, 0.5) is 0 Å². The van der Waals surface area contributed by atoms with Crippen LogP contribution in [0, 0.1) is 12.8 Å². The van der Waals surface area contributed by atoms with E-state index < -0.39 is 9.84 Å². The first-order valence-corrected chi connectivity index (χ1v) is 13.9. The third-order valence-corrected chi connectivity index (χ3v) is 8.73. The normalized spacial score (nSPS) is 22.8. The number of carbonyl (C=O) groups excluding carboxylic acids is 3. The molecule has 11 heteroatoms. The molecule has 0 radical (unpaired) electrons. The average Bonchev–Trinajstić information content (AvgIpc) is 3.58. The number of carbonyl (C=O) groups is 3. The van der Waals surface area contributed by atoms with Gasteiger partial charge in [0.15, 0.2) is 15.6 Å². The summed E-state index contributed by atoms with van der Waals surface area (Å²) in [5, 5.41) is 8.39. The number of piperidine rings is 1. The molecule has 0 N–H and O–H groups in total. The maximum atomic E-state index is 13.8. The number of sulfone groups is 1. The van der Waals surface area contributed by atoms with E-state index in [2.05, 4.69) is 10.3 Å². The largest absolute Gasteiger partial charge is 0.334 e. The van der Waals surface area contributed by atoms with Gasteiger partial charge in [-0.1, -0.05) is 11.3 Å². The van der Waals surface area contributed by atoms with Gasteiger partial charge in [0.1, 0.15) is 5.69 Å². The van der Waals surface area contributed by atoms with Crippen molar-refractivity contribution in [3.63, 3.8) is 0 Å². The van der Waals surface area contributed by atoms with E-state index in [1.165, 1.54) is 9.58 Å². The van der Waals surface area contributed by atoms with Crippen molar-refractivity contribution in [2.45, 2.75) is 51.6 Å². The van der Waals surface area contributed by atoms with E-state index in [0.717, 1.165) is 18.4 Å². The van der Waals surface area contributed by atoms with Gasteiger partial charge in [-0.25, -0.2) is 13.1 Å². The smallest absolute Gasteiger partial charge is 0.256 e. The lowest BCUT2D eigenvalue weighted by atomic mass is 10.1. The van der Waals surface area contributed by atoms with Crippen LogP contribution in [0.15, 0.2) is 24.4 Å². The molecule has 1 atom stereocenters. The van der Waals surface area contributed by atoms with Crippen LogP contribution in [-0.2, 0) is 26.0 Å². The first-order valence-electron chi connectivity index (χ1n) is 12.0. The Morgan fingerprint density at radius 3 is 2.74 bits per heavy atom. The van der Waals surface area contributed by atoms with E-state index in [-0.39, 0.29) is 67.0 Å². The summed E-state index contributed by atoms with van der Waals surface area (Å²) >= 11 is 0. The molecule has 186 valence electrons. The Balaban J connectivity index is 1.43. The lowest BCUT2D eigenvalue weighted by molar-refractivity contribution is -0.140. The summed E-state index contributed by atoms with van der Waals surface area (Å²) in [5.74, 6) is 0.0679. The fourth-order valence-electron chi connectivity index (χ4n) is 4.96. The molecule has 2 amide bonds. The molecule has 3 fully saturated rings. The zero-order valence-corrected chi connectivity index (χ0v) is 20.5. The Morgan fingerprint density at radius 1 is 1.17 bits per heavy atom. The molecule has 0 spiro atoms. The van der Waals surface area contributed by atoms with Crippen LogP contribution < -0.4 is 0 Å². The minimum absolute atomic E-state index is 0.0145. The molecular formula is C24H29N5O5S. The highest BCUT2D eigenvalue weighted by molar-refractivity contribution is 7.91. The predicted octanol–water partition coefficient (Wildman–Crippen LogP) is 1.31. The highest BCUT2D eigenvalue weighted by atomic mass is 32.2. The molecule has 1 unspecified atom stereocenters. The maximum absolute atomic E-state index is 13.8. The van der Waals surface area contributed by atoms with Crippen LogP contribution in [0.1, 0.15) is 53.7 Å². The number of nitrogens with zero attached hydrogens (tertiary/aromatic N) is 5. The Morgan fingerprint density at radius 2 is 1.97 bits per heavy atom. The first kappa shape index (κ1) is 23.7. The Labute approximate surface area is 204 Å². The van der Waals surface area contributed by atoms with Gasteiger partial charge in [0.25, 0.3) is 5.91 Å². The molecule has 1 aliphatic carbocycles. The number of hydrogen-bond donors (Lipinski definition) is 0. The summed E-state index contributed by atoms with van der Waals surface area (Å²) in [5.41, 5.74) is 2.44. The third kappa shape index (κ3) is 5.14. The second-order valence-electron chi connectivity index (χ2n) is 9.83. The highest BCUT2D eigenvalue weighted by Crippen LogP contribution is 2.38. The lowest BCUT2D eigenvalue weighted by Crippen LogP contribution is -2.44. The number of aromatic nitrogens is 3. The van der Waals surface area contributed by atoms with Gasteiger partial charge < -0.3 is 9.80 Å². The number of amides is 2. The highest BCUT2D eigenvalue weighted by Gasteiger charge is 2.42. The first-order chi connectivity index (χ1) is 16.7. The molecule has 3 heterocycles. The Bertz CT molecular complexity index is 1280. The molecule has 2 saturated heterocycles. The van der Waals surface area contributed by atoms with Gasteiger partial charge in [0.2, 0.25) is 5.91 Å². The molecule has 1 aromatic heterocycles. The zero-order valence-electron chi connectivity index (χ0n) is 19.7. The van der Waals surface area contributed by atoms with E-state index in [9.17, 15) is 22.8 Å². The van der Waals surface area contributed by atoms with Crippen molar-refractivity contribution in [2.75, 3.05) is 24.6 Å². The van der Waals surface area contributed by atoms with Crippen LogP contribution in [0.3, 0.4) is 0 Å². The third-order valence-electron chi connectivity index (χ3n) is 6.97. The van der Waals surface area contributed by atoms with Crippen LogP contribution in [-0.4, -0.2) is 81.4 Å². The van der Waals surface area contributed by atoms with Crippen LogP contribution >= 0.6 is 0 Å². The number of likely N-dealkylation sites (tertiary alicyclic amines) is 1. The number of hydrogen-bond acceptors (Lipinski definition) is 7. The Hall–Kier alpha value is -3.08. The standard InChI is InChI=1S/C24H29N5O5S/c1-16-3-7-20(24(32)28-9-2-10-35(33,34)15-22(28)17-4-5-17)21(11-16)29-13-18(25-26-29)12-27-14-19(30)6-8-23(27)31/h3,7,11,13,17,22H,2,4-6,8-10,12,14-15H2,1H3. The van der Waals surface area contributed by atoms with E-state index >= 15 is 0 Å². The minimum atomic E-state index is -3.19. The van der Waals surface area contributed by atoms with Gasteiger partial charge in [0, 0.05) is 25.4 Å². The van der Waals surface area contributed by atoms with Crippen molar-refractivity contribution < 1.29 is 22.8 Å². The average molecular weight is 500 g/mol. The number of benzene rings is 1. The minimum Gasteiger partial charge on any atom is -0.334 e. The molecule has 5 rings (SSSR count). The molecule has 3 aliphatic rings. The van der Waals surface area contributed by atoms with E-state index in [1.54, 1.807) is 17.2 Å². The van der Waals surface area contributed by atoms with Crippen molar-refractivity contribution in [3.05, 3.63) is 41.2 Å². The molecule has 0 bridgehead atoms. The summed E-state index contributed by atoms with van der Waals surface area (Å²) in [6.45, 7) is 2.56. The van der Waals surface area contributed by atoms with Gasteiger partial charge in [0.05, 0.1) is 42.0 Å². The maximum Gasteiger partial charge on any atom is 0.256 e. The fourth-order valence-corrected chi connectivity index (χ4v) is 6.67. The summed E-state index contributed by atoms with van der Waals surface area (Å²) < 4.78 is 26.4. The molecule has 2 aliphatic heterocycles. The van der Waals surface area contributed by atoms with Crippen LogP contribution in [0.2, 0.25) is 0 Å². The zero-order chi connectivity index (χ0) is 24.7. The van der Waals surface area contributed by atoms with Gasteiger partial charge in [-0.15, -0.1) is 5.10 Å². The molecule has 10 nitrogen and oxygen atoms in total. The molecule has 1 aromatic carbocycles. The topological polar surface area (TPSA) is 123 Å². The summed E-state index contributed by atoms with van der Waals surface area (Å²) in [6.07, 6.45) is 4.45. The van der Waals surface area contributed by atoms with Crippen LogP contribution in [0.5, 0.6) is 0 Å². The SMILES string of the molecule is Cc1ccc(C(=O)N2CCCS(=O)(=O)CC2C2CC2)c(-n2cc(CN3CC(=O)CCC3=O)nn2)c1. The van der Waals surface area contributed by atoms with Crippen LogP contribution in [0.25, 0.3) is 5.69 Å². The van der Waals surface area contributed by atoms with Crippen molar-refractivity contribution in [1.29, 1.82) is 0 Å². The monoisotopic (exact) mass is 499 g/mol.